The van der Waals surface area contributed by atoms with Crippen molar-refractivity contribution in [1.29, 1.82) is 0 Å². The van der Waals surface area contributed by atoms with Crippen molar-refractivity contribution in [2.45, 2.75) is 39.9 Å². The highest BCUT2D eigenvalue weighted by Gasteiger charge is 2.11. The van der Waals surface area contributed by atoms with E-state index in [1.54, 1.807) is 0 Å². The molecule has 1 aromatic rings. The van der Waals surface area contributed by atoms with Crippen LogP contribution in [0.25, 0.3) is 0 Å². The zero-order chi connectivity index (χ0) is 14.8. The van der Waals surface area contributed by atoms with Crippen molar-refractivity contribution in [3.8, 4) is 0 Å². The molecular formula is C17H29NO2. The summed E-state index contributed by atoms with van der Waals surface area (Å²) in [5.74, 6) is 0.649. The number of nitrogens with one attached hydrogen (secondary N) is 1. The molecule has 0 bridgehead atoms. The average molecular weight is 279 g/mol. The summed E-state index contributed by atoms with van der Waals surface area (Å²) < 4.78 is 11.5. The molecule has 0 spiro atoms. The molecule has 0 aromatic heterocycles. The fourth-order valence-electron chi connectivity index (χ4n) is 1.92. The van der Waals surface area contributed by atoms with Crippen LogP contribution in [-0.4, -0.2) is 32.4 Å². The molecule has 1 atom stereocenters. The van der Waals surface area contributed by atoms with Crippen molar-refractivity contribution >= 4 is 0 Å². The molecule has 3 nitrogen and oxygen atoms in total. The van der Waals surface area contributed by atoms with Gasteiger partial charge in [0.15, 0.2) is 0 Å². The SMILES string of the molecule is CC(C)CNCC(OCCOC(C)C)c1ccccc1. The van der Waals surface area contributed by atoms with Gasteiger partial charge >= 0.3 is 0 Å². The summed E-state index contributed by atoms with van der Waals surface area (Å²) >= 11 is 0. The summed E-state index contributed by atoms with van der Waals surface area (Å²) in [6.07, 6.45) is 0.346. The fourth-order valence-corrected chi connectivity index (χ4v) is 1.92. The molecule has 0 aliphatic carbocycles. The van der Waals surface area contributed by atoms with Gasteiger partial charge in [-0.2, -0.15) is 0 Å². The smallest absolute Gasteiger partial charge is 0.0950 e. The van der Waals surface area contributed by atoms with E-state index in [2.05, 4.69) is 43.4 Å². The Kier molecular flexibility index (Phi) is 8.51. The molecule has 0 heterocycles. The molecule has 1 aromatic carbocycles. The summed E-state index contributed by atoms with van der Waals surface area (Å²) in [4.78, 5) is 0. The fraction of sp³-hybridized carbons (Fsp3) is 0.647. The van der Waals surface area contributed by atoms with Gasteiger partial charge < -0.3 is 14.8 Å². The molecule has 1 unspecified atom stereocenters. The molecule has 0 aliphatic rings. The van der Waals surface area contributed by atoms with Crippen LogP contribution in [0.5, 0.6) is 0 Å². The largest absolute Gasteiger partial charge is 0.376 e. The Morgan fingerprint density at radius 2 is 1.55 bits per heavy atom. The van der Waals surface area contributed by atoms with Crippen LogP contribution in [0.3, 0.4) is 0 Å². The molecule has 0 fully saturated rings. The van der Waals surface area contributed by atoms with E-state index < -0.39 is 0 Å². The van der Waals surface area contributed by atoms with Crippen molar-refractivity contribution in [3.63, 3.8) is 0 Å². The predicted molar refractivity (Wildman–Crippen MR) is 83.9 cm³/mol. The highest BCUT2D eigenvalue weighted by molar-refractivity contribution is 5.17. The number of benzene rings is 1. The van der Waals surface area contributed by atoms with Crippen molar-refractivity contribution in [3.05, 3.63) is 35.9 Å². The Hall–Kier alpha value is -0.900. The van der Waals surface area contributed by atoms with E-state index in [4.69, 9.17) is 9.47 Å². The minimum atomic E-state index is 0.0886. The monoisotopic (exact) mass is 279 g/mol. The van der Waals surface area contributed by atoms with Gasteiger partial charge in [-0.3, -0.25) is 0 Å². The lowest BCUT2D eigenvalue weighted by molar-refractivity contribution is -0.0131. The Morgan fingerprint density at radius 3 is 2.15 bits per heavy atom. The zero-order valence-corrected chi connectivity index (χ0v) is 13.3. The topological polar surface area (TPSA) is 30.5 Å². The molecule has 0 radical (unpaired) electrons. The number of hydrogen-bond acceptors (Lipinski definition) is 3. The van der Waals surface area contributed by atoms with Crippen molar-refractivity contribution in [2.75, 3.05) is 26.3 Å². The van der Waals surface area contributed by atoms with Gasteiger partial charge in [0.2, 0.25) is 0 Å². The van der Waals surface area contributed by atoms with Crippen LogP contribution >= 0.6 is 0 Å². The standard InChI is InChI=1S/C17H29NO2/c1-14(2)12-18-13-17(16-8-6-5-7-9-16)20-11-10-19-15(3)4/h5-9,14-15,17-18H,10-13H2,1-4H3. The lowest BCUT2D eigenvalue weighted by Crippen LogP contribution is -2.27. The van der Waals surface area contributed by atoms with Crippen LogP contribution in [0, 0.1) is 5.92 Å². The molecule has 0 aliphatic heterocycles. The highest BCUT2D eigenvalue weighted by atomic mass is 16.5. The first kappa shape index (κ1) is 17.2. The van der Waals surface area contributed by atoms with Gasteiger partial charge in [0.1, 0.15) is 0 Å². The number of rotatable bonds is 10. The van der Waals surface area contributed by atoms with Gasteiger partial charge in [-0.05, 0) is 31.9 Å². The lowest BCUT2D eigenvalue weighted by Gasteiger charge is -2.20. The zero-order valence-electron chi connectivity index (χ0n) is 13.3. The van der Waals surface area contributed by atoms with Crippen LogP contribution in [-0.2, 0) is 9.47 Å². The van der Waals surface area contributed by atoms with Crippen LogP contribution in [0.4, 0.5) is 0 Å². The van der Waals surface area contributed by atoms with E-state index in [9.17, 15) is 0 Å². The lowest BCUT2D eigenvalue weighted by atomic mass is 10.1. The third-order valence-electron chi connectivity index (χ3n) is 2.91. The first-order valence-corrected chi connectivity index (χ1v) is 7.58. The van der Waals surface area contributed by atoms with Crippen molar-refractivity contribution < 1.29 is 9.47 Å². The molecule has 1 N–H and O–H groups in total. The second kappa shape index (κ2) is 9.92. The molecule has 114 valence electrons. The van der Waals surface area contributed by atoms with Gasteiger partial charge in [0.05, 0.1) is 25.4 Å². The minimum Gasteiger partial charge on any atom is -0.376 e. The van der Waals surface area contributed by atoms with Gasteiger partial charge in [-0.1, -0.05) is 44.2 Å². The van der Waals surface area contributed by atoms with Gasteiger partial charge in [-0.25, -0.2) is 0 Å². The molecule has 0 saturated carbocycles. The molecule has 0 amide bonds. The molecule has 0 saturated heterocycles. The first-order valence-electron chi connectivity index (χ1n) is 7.58. The van der Waals surface area contributed by atoms with Crippen LogP contribution in [0.2, 0.25) is 0 Å². The summed E-state index contributed by atoms with van der Waals surface area (Å²) in [6, 6.07) is 10.4. The van der Waals surface area contributed by atoms with Crippen LogP contribution in [0.1, 0.15) is 39.4 Å². The summed E-state index contributed by atoms with van der Waals surface area (Å²) in [5, 5.41) is 3.47. The van der Waals surface area contributed by atoms with E-state index in [1.807, 2.05) is 19.9 Å². The normalized spacial score (nSPS) is 13.1. The molecule has 3 heteroatoms. The van der Waals surface area contributed by atoms with Crippen molar-refractivity contribution in [1.82, 2.24) is 5.32 Å². The molecular weight excluding hydrogens is 250 g/mol. The minimum absolute atomic E-state index is 0.0886. The van der Waals surface area contributed by atoms with Crippen molar-refractivity contribution in [2.24, 2.45) is 5.92 Å². The van der Waals surface area contributed by atoms with Gasteiger partial charge in [0.25, 0.3) is 0 Å². The van der Waals surface area contributed by atoms with Crippen LogP contribution < -0.4 is 5.32 Å². The summed E-state index contributed by atoms with van der Waals surface area (Å²) in [6.45, 7) is 11.6. The Labute approximate surface area is 123 Å². The maximum atomic E-state index is 5.97. The quantitative estimate of drug-likeness (QED) is 0.666. The van der Waals surface area contributed by atoms with E-state index >= 15 is 0 Å². The third kappa shape index (κ3) is 7.63. The highest BCUT2D eigenvalue weighted by Crippen LogP contribution is 2.16. The Bertz CT molecular complexity index is 338. The number of hydrogen-bond donors (Lipinski definition) is 1. The van der Waals surface area contributed by atoms with Crippen LogP contribution in [0.15, 0.2) is 30.3 Å². The predicted octanol–water partition coefficient (Wildman–Crippen LogP) is 3.41. The van der Waals surface area contributed by atoms with E-state index in [0.717, 1.165) is 13.1 Å². The Balaban J connectivity index is 2.43. The maximum Gasteiger partial charge on any atom is 0.0950 e. The second-order valence-electron chi connectivity index (χ2n) is 5.74. The summed E-state index contributed by atoms with van der Waals surface area (Å²) in [7, 11) is 0. The summed E-state index contributed by atoms with van der Waals surface area (Å²) in [5.41, 5.74) is 1.22. The van der Waals surface area contributed by atoms with E-state index in [0.29, 0.717) is 19.1 Å². The van der Waals surface area contributed by atoms with Gasteiger partial charge in [0, 0.05) is 6.54 Å². The maximum absolute atomic E-state index is 5.97. The Morgan fingerprint density at radius 1 is 0.900 bits per heavy atom. The third-order valence-corrected chi connectivity index (χ3v) is 2.91. The second-order valence-corrected chi connectivity index (χ2v) is 5.74. The van der Waals surface area contributed by atoms with E-state index in [1.165, 1.54) is 5.56 Å². The average Bonchev–Trinajstić information content (AvgIpc) is 2.42. The number of ether oxygens (including phenoxy) is 2. The molecule has 20 heavy (non-hydrogen) atoms. The first-order chi connectivity index (χ1) is 9.59. The van der Waals surface area contributed by atoms with E-state index in [-0.39, 0.29) is 12.2 Å². The molecule has 1 rings (SSSR count). The van der Waals surface area contributed by atoms with Gasteiger partial charge in [-0.15, -0.1) is 0 Å².